The first kappa shape index (κ1) is 13.5. The van der Waals surface area contributed by atoms with Gasteiger partial charge < -0.3 is 9.47 Å². The fourth-order valence-electron chi connectivity index (χ4n) is 2.42. The van der Waals surface area contributed by atoms with Gasteiger partial charge >= 0.3 is 0 Å². The van der Waals surface area contributed by atoms with Crippen molar-refractivity contribution >= 4 is 17.4 Å². The van der Waals surface area contributed by atoms with Gasteiger partial charge in [0, 0.05) is 23.1 Å². The van der Waals surface area contributed by atoms with Crippen molar-refractivity contribution in [2.75, 3.05) is 6.79 Å². The van der Waals surface area contributed by atoms with Crippen molar-refractivity contribution in [2.24, 2.45) is 0 Å². The Hall–Kier alpha value is -2.12. The summed E-state index contributed by atoms with van der Waals surface area (Å²) < 4.78 is 26.3. The lowest BCUT2D eigenvalue weighted by atomic mass is 10.1. The lowest BCUT2D eigenvalue weighted by molar-refractivity contribution is -0.0171. The second kappa shape index (κ2) is 5.58. The van der Waals surface area contributed by atoms with E-state index in [4.69, 9.17) is 9.47 Å². The van der Waals surface area contributed by atoms with Gasteiger partial charge in [-0.25, -0.2) is 4.39 Å². The molecular formula is C15H12FN3O2S. The van der Waals surface area contributed by atoms with Crippen LogP contribution in [0.25, 0.3) is 5.65 Å². The molecule has 1 aliphatic heterocycles. The van der Waals surface area contributed by atoms with Crippen molar-refractivity contribution in [3.8, 4) is 5.75 Å². The van der Waals surface area contributed by atoms with Crippen LogP contribution in [-0.2, 0) is 17.1 Å². The number of nitrogens with zero attached hydrogens (tertiary/aromatic N) is 3. The van der Waals surface area contributed by atoms with Gasteiger partial charge in [0.2, 0.25) is 0 Å². The monoisotopic (exact) mass is 317 g/mol. The first-order valence-corrected chi connectivity index (χ1v) is 7.74. The van der Waals surface area contributed by atoms with Crippen molar-refractivity contribution < 1.29 is 13.9 Å². The van der Waals surface area contributed by atoms with E-state index >= 15 is 0 Å². The standard InChI is InChI=1S/C15H12FN3O2S/c16-12-5-10-7-20-9-21-14(10)11(6-12)8-22-15-18-17-13-3-1-2-4-19(13)15/h1-6H,7-9H2. The third kappa shape index (κ3) is 2.42. The minimum atomic E-state index is -0.283. The molecule has 0 N–H and O–H groups in total. The fraction of sp³-hybridized carbons (Fsp3) is 0.200. The van der Waals surface area contributed by atoms with Crippen LogP contribution in [0.3, 0.4) is 0 Å². The zero-order valence-electron chi connectivity index (χ0n) is 11.5. The Morgan fingerprint density at radius 2 is 2.23 bits per heavy atom. The zero-order chi connectivity index (χ0) is 14.9. The molecule has 5 nitrogen and oxygen atoms in total. The third-order valence-electron chi connectivity index (χ3n) is 3.39. The van der Waals surface area contributed by atoms with Crippen LogP contribution in [0.2, 0.25) is 0 Å². The molecule has 0 unspecified atom stereocenters. The fourth-order valence-corrected chi connectivity index (χ4v) is 3.32. The molecule has 0 aliphatic carbocycles. The Kier molecular flexibility index (Phi) is 3.44. The quantitative estimate of drug-likeness (QED) is 0.695. The summed E-state index contributed by atoms with van der Waals surface area (Å²) >= 11 is 1.49. The van der Waals surface area contributed by atoms with Crippen molar-refractivity contribution in [3.63, 3.8) is 0 Å². The van der Waals surface area contributed by atoms with Gasteiger partial charge in [-0.3, -0.25) is 4.40 Å². The predicted octanol–water partition coefficient (Wildman–Crippen LogP) is 3.03. The Labute approximate surface area is 130 Å². The Morgan fingerprint density at radius 1 is 1.27 bits per heavy atom. The number of hydrogen-bond donors (Lipinski definition) is 0. The van der Waals surface area contributed by atoms with Gasteiger partial charge in [0.05, 0.1) is 6.61 Å². The van der Waals surface area contributed by atoms with Crippen molar-refractivity contribution in [1.29, 1.82) is 0 Å². The normalized spacial score (nSPS) is 13.9. The highest BCUT2D eigenvalue weighted by Crippen LogP contribution is 2.33. The predicted molar refractivity (Wildman–Crippen MR) is 79.2 cm³/mol. The molecule has 2 aromatic heterocycles. The minimum Gasteiger partial charge on any atom is -0.467 e. The molecular weight excluding hydrogens is 305 g/mol. The molecule has 1 aliphatic rings. The van der Waals surface area contributed by atoms with E-state index in [1.807, 2.05) is 28.8 Å². The molecule has 3 heterocycles. The van der Waals surface area contributed by atoms with E-state index in [1.165, 1.54) is 23.9 Å². The number of rotatable bonds is 3. The number of thioether (sulfide) groups is 1. The topological polar surface area (TPSA) is 48.7 Å². The van der Waals surface area contributed by atoms with Crippen LogP contribution in [0.15, 0.2) is 41.7 Å². The summed E-state index contributed by atoms with van der Waals surface area (Å²) in [4.78, 5) is 0. The van der Waals surface area contributed by atoms with Gasteiger partial charge in [-0.1, -0.05) is 17.8 Å². The minimum absolute atomic E-state index is 0.199. The third-order valence-corrected chi connectivity index (χ3v) is 4.38. The highest BCUT2D eigenvalue weighted by atomic mass is 32.2. The molecule has 0 fully saturated rings. The molecule has 22 heavy (non-hydrogen) atoms. The van der Waals surface area contributed by atoms with E-state index in [9.17, 15) is 4.39 Å². The first-order chi connectivity index (χ1) is 10.8. The van der Waals surface area contributed by atoms with Crippen molar-refractivity contribution in [3.05, 3.63) is 53.5 Å². The van der Waals surface area contributed by atoms with Crippen LogP contribution in [-0.4, -0.2) is 21.4 Å². The molecule has 0 spiro atoms. The maximum absolute atomic E-state index is 13.7. The molecule has 7 heteroatoms. The number of aromatic nitrogens is 3. The lowest BCUT2D eigenvalue weighted by Gasteiger charge is -2.20. The highest BCUT2D eigenvalue weighted by molar-refractivity contribution is 7.98. The van der Waals surface area contributed by atoms with Crippen molar-refractivity contribution in [1.82, 2.24) is 14.6 Å². The molecule has 0 atom stereocenters. The van der Waals surface area contributed by atoms with E-state index in [2.05, 4.69) is 10.2 Å². The molecule has 112 valence electrons. The molecule has 4 rings (SSSR count). The second-order valence-electron chi connectivity index (χ2n) is 4.86. The summed E-state index contributed by atoms with van der Waals surface area (Å²) in [5.74, 6) is 0.985. The summed E-state index contributed by atoms with van der Waals surface area (Å²) in [6.07, 6.45) is 1.91. The summed E-state index contributed by atoms with van der Waals surface area (Å²) in [5.41, 5.74) is 2.33. The number of pyridine rings is 1. The van der Waals surface area contributed by atoms with Gasteiger partial charge in [0.25, 0.3) is 0 Å². The van der Waals surface area contributed by atoms with Gasteiger partial charge in [-0.15, -0.1) is 10.2 Å². The molecule has 1 aromatic carbocycles. The van der Waals surface area contributed by atoms with Gasteiger partial charge in [0.1, 0.15) is 11.6 Å². The van der Waals surface area contributed by atoms with Crippen LogP contribution >= 0.6 is 11.8 Å². The van der Waals surface area contributed by atoms with Crippen LogP contribution < -0.4 is 4.74 Å². The van der Waals surface area contributed by atoms with Crippen LogP contribution in [0.4, 0.5) is 4.39 Å². The van der Waals surface area contributed by atoms with Crippen LogP contribution in [0.1, 0.15) is 11.1 Å². The van der Waals surface area contributed by atoms with Gasteiger partial charge in [-0.05, 0) is 24.3 Å². The molecule has 0 amide bonds. The largest absolute Gasteiger partial charge is 0.467 e. The van der Waals surface area contributed by atoms with E-state index in [0.717, 1.165) is 21.9 Å². The summed E-state index contributed by atoms with van der Waals surface area (Å²) in [7, 11) is 0. The summed E-state index contributed by atoms with van der Waals surface area (Å²) in [5, 5.41) is 9.03. The maximum Gasteiger partial charge on any atom is 0.195 e. The average Bonchev–Trinajstić information content (AvgIpc) is 2.96. The molecule has 0 bridgehead atoms. The molecule has 0 saturated heterocycles. The van der Waals surface area contributed by atoms with E-state index in [0.29, 0.717) is 18.1 Å². The number of hydrogen-bond acceptors (Lipinski definition) is 5. The van der Waals surface area contributed by atoms with E-state index in [1.54, 1.807) is 0 Å². The first-order valence-electron chi connectivity index (χ1n) is 6.76. The average molecular weight is 317 g/mol. The second-order valence-corrected chi connectivity index (χ2v) is 5.81. The van der Waals surface area contributed by atoms with Crippen molar-refractivity contribution in [2.45, 2.75) is 17.5 Å². The summed E-state index contributed by atoms with van der Waals surface area (Å²) in [6.45, 7) is 0.572. The Bertz CT molecular complexity index is 837. The Balaban J connectivity index is 1.63. The zero-order valence-corrected chi connectivity index (χ0v) is 12.3. The smallest absolute Gasteiger partial charge is 0.195 e. The number of fused-ring (bicyclic) bond motifs is 2. The van der Waals surface area contributed by atoms with Gasteiger partial charge in [0.15, 0.2) is 17.6 Å². The van der Waals surface area contributed by atoms with Gasteiger partial charge in [-0.2, -0.15) is 0 Å². The lowest BCUT2D eigenvalue weighted by Crippen LogP contribution is -2.13. The molecule has 0 saturated carbocycles. The SMILES string of the molecule is Fc1cc2c(c(CSc3nnc4ccccn34)c1)OCOC2. The maximum atomic E-state index is 13.7. The van der Waals surface area contributed by atoms with Crippen LogP contribution in [0, 0.1) is 5.82 Å². The highest BCUT2D eigenvalue weighted by Gasteiger charge is 2.17. The van der Waals surface area contributed by atoms with Crippen LogP contribution in [0.5, 0.6) is 5.75 Å². The number of ether oxygens (including phenoxy) is 2. The summed E-state index contributed by atoms with van der Waals surface area (Å²) in [6, 6.07) is 8.68. The van der Waals surface area contributed by atoms with E-state index < -0.39 is 0 Å². The number of benzene rings is 1. The number of halogens is 1. The molecule has 3 aromatic rings. The van der Waals surface area contributed by atoms with E-state index in [-0.39, 0.29) is 12.6 Å². The molecule has 0 radical (unpaired) electrons. The Morgan fingerprint density at radius 3 is 3.18 bits per heavy atom.